The van der Waals surface area contributed by atoms with Crippen LogP contribution >= 0.6 is 0 Å². The van der Waals surface area contributed by atoms with E-state index in [0.717, 1.165) is 25.1 Å². The lowest BCUT2D eigenvalue weighted by Crippen LogP contribution is -2.27. The third kappa shape index (κ3) is 4.07. The summed E-state index contributed by atoms with van der Waals surface area (Å²) in [6.45, 7) is 1.95. The second kappa shape index (κ2) is 6.10. The van der Waals surface area contributed by atoms with Crippen LogP contribution < -0.4 is 5.32 Å². The maximum atomic E-state index is 13.0. The van der Waals surface area contributed by atoms with E-state index >= 15 is 0 Å². The van der Waals surface area contributed by atoms with E-state index < -0.39 is 0 Å². The average Bonchev–Trinajstić information content (AvgIpc) is 2.51. The van der Waals surface area contributed by atoms with Crippen LogP contribution in [0.5, 0.6) is 0 Å². The highest BCUT2D eigenvalue weighted by Crippen LogP contribution is 2.12. The number of rotatable bonds is 3. The Hall–Kier alpha value is -0.970. The topological polar surface area (TPSA) is 41.5 Å². The quantitative estimate of drug-likeness (QED) is 0.839. The van der Waals surface area contributed by atoms with Gasteiger partial charge in [0, 0.05) is 13.0 Å². The highest BCUT2D eigenvalue weighted by molar-refractivity contribution is 5.15. The minimum atomic E-state index is -0.303. The van der Waals surface area contributed by atoms with Gasteiger partial charge in [-0.3, -0.25) is 0 Å². The van der Waals surface area contributed by atoms with Gasteiger partial charge in [-0.1, -0.05) is 12.1 Å². The number of aliphatic hydroxyl groups is 1. The monoisotopic (exact) mass is 239 g/mol. The first-order valence-electron chi connectivity index (χ1n) is 5.99. The van der Waals surface area contributed by atoms with Crippen molar-refractivity contribution in [2.75, 3.05) is 13.1 Å². The lowest BCUT2D eigenvalue weighted by Gasteiger charge is -2.17. The van der Waals surface area contributed by atoms with Gasteiger partial charge < -0.3 is 15.2 Å². The summed E-state index contributed by atoms with van der Waals surface area (Å²) in [6, 6.07) is 6.40. The van der Waals surface area contributed by atoms with Crippen molar-refractivity contribution in [3.63, 3.8) is 0 Å². The van der Waals surface area contributed by atoms with E-state index in [-0.39, 0.29) is 18.0 Å². The zero-order chi connectivity index (χ0) is 12.1. The Morgan fingerprint density at radius 3 is 3.18 bits per heavy atom. The molecule has 1 aromatic rings. The number of nitrogens with one attached hydrogen (secondary N) is 1. The maximum absolute atomic E-state index is 13.0. The van der Waals surface area contributed by atoms with Gasteiger partial charge in [-0.2, -0.15) is 0 Å². The zero-order valence-electron chi connectivity index (χ0n) is 9.73. The molecule has 2 rings (SSSR count). The minimum absolute atomic E-state index is 0.00392. The van der Waals surface area contributed by atoms with E-state index in [1.807, 2.05) is 6.07 Å². The van der Waals surface area contributed by atoms with Crippen molar-refractivity contribution in [2.24, 2.45) is 0 Å². The summed E-state index contributed by atoms with van der Waals surface area (Å²) in [7, 11) is 0. The van der Waals surface area contributed by atoms with E-state index in [4.69, 9.17) is 4.74 Å². The van der Waals surface area contributed by atoms with Crippen LogP contribution in [0, 0.1) is 5.82 Å². The molecule has 2 N–H and O–H groups in total. The standard InChI is InChI=1S/C13H18FNO2/c14-11-3-1-2-10(6-11)9-17-13-7-12(16)4-5-15-8-13/h1-3,6,12-13,15-16H,4-5,7-9H2. The van der Waals surface area contributed by atoms with Crippen LogP contribution in [0.1, 0.15) is 18.4 Å². The number of hydrogen-bond donors (Lipinski definition) is 2. The van der Waals surface area contributed by atoms with E-state index in [2.05, 4.69) is 5.32 Å². The van der Waals surface area contributed by atoms with Crippen LogP contribution in [0.4, 0.5) is 4.39 Å². The molecule has 17 heavy (non-hydrogen) atoms. The third-order valence-electron chi connectivity index (χ3n) is 2.94. The molecule has 3 nitrogen and oxygen atoms in total. The molecule has 2 unspecified atom stereocenters. The normalized spacial score (nSPS) is 25.5. The molecular formula is C13H18FNO2. The summed E-state index contributed by atoms with van der Waals surface area (Å²) in [5, 5.41) is 12.8. The Kier molecular flexibility index (Phi) is 4.48. The molecule has 1 fully saturated rings. The van der Waals surface area contributed by atoms with Gasteiger partial charge in [0.1, 0.15) is 5.82 Å². The molecule has 0 aliphatic carbocycles. The van der Waals surface area contributed by atoms with E-state index in [0.29, 0.717) is 13.0 Å². The largest absolute Gasteiger partial charge is 0.393 e. The molecule has 0 saturated carbocycles. The van der Waals surface area contributed by atoms with Gasteiger partial charge >= 0.3 is 0 Å². The van der Waals surface area contributed by atoms with Crippen molar-refractivity contribution in [3.05, 3.63) is 35.6 Å². The van der Waals surface area contributed by atoms with Gasteiger partial charge in [0.05, 0.1) is 18.8 Å². The Balaban J connectivity index is 1.84. The molecule has 0 radical (unpaired) electrons. The van der Waals surface area contributed by atoms with Crippen molar-refractivity contribution in [1.29, 1.82) is 0 Å². The third-order valence-corrected chi connectivity index (χ3v) is 2.94. The predicted molar refractivity (Wildman–Crippen MR) is 63.1 cm³/mol. The molecule has 0 bridgehead atoms. The Labute approximate surface area is 101 Å². The SMILES string of the molecule is OC1CCNCC(OCc2cccc(F)c2)C1. The Morgan fingerprint density at radius 1 is 1.47 bits per heavy atom. The summed E-state index contributed by atoms with van der Waals surface area (Å²) in [6.07, 6.45) is 1.10. The summed E-state index contributed by atoms with van der Waals surface area (Å²) >= 11 is 0. The molecule has 0 spiro atoms. The molecule has 2 atom stereocenters. The highest BCUT2D eigenvalue weighted by atomic mass is 19.1. The fourth-order valence-corrected chi connectivity index (χ4v) is 2.00. The number of ether oxygens (including phenoxy) is 1. The van der Waals surface area contributed by atoms with Crippen molar-refractivity contribution in [1.82, 2.24) is 5.32 Å². The lowest BCUT2D eigenvalue weighted by molar-refractivity contribution is 0.0125. The summed E-state index contributed by atoms with van der Waals surface area (Å²) in [4.78, 5) is 0. The van der Waals surface area contributed by atoms with Crippen molar-refractivity contribution < 1.29 is 14.2 Å². The van der Waals surface area contributed by atoms with Gasteiger partial charge in [-0.15, -0.1) is 0 Å². The summed E-state index contributed by atoms with van der Waals surface area (Å²) in [5.74, 6) is -0.245. The molecular weight excluding hydrogens is 221 g/mol. The average molecular weight is 239 g/mol. The number of benzene rings is 1. The summed E-state index contributed by atoms with van der Waals surface area (Å²) in [5.41, 5.74) is 0.823. The fourth-order valence-electron chi connectivity index (χ4n) is 2.00. The molecule has 1 saturated heterocycles. The van der Waals surface area contributed by atoms with Crippen LogP contribution in [0.3, 0.4) is 0 Å². The number of halogens is 1. The predicted octanol–water partition coefficient (Wildman–Crippen LogP) is 1.46. The Morgan fingerprint density at radius 2 is 2.35 bits per heavy atom. The molecule has 0 aromatic heterocycles. The first-order chi connectivity index (χ1) is 8.24. The molecule has 1 aliphatic heterocycles. The van der Waals surface area contributed by atoms with E-state index in [1.54, 1.807) is 6.07 Å². The highest BCUT2D eigenvalue weighted by Gasteiger charge is 2.18. The summed E-state index contributed by atoms with van der Waals surface area (Å²) < 4.78 is 18.6. The molecule has 1 aliphatic rings. The second-order valence-corrected chi connectivity index (χ2v) is 4.45. The van der Waals surface area contributed by atoms with Crippen LogP contribution in [-0.4, -0.2) is 30.4 Å². The van der Waals surface area contributed by atoms with Gasteiger partial charge in [0.15, 0.2) is 0 Å². The van der Waals surface area contributed by atoms with Crippen molar-refractivity contribution in [3.8, 4) is 0 Å². The second-order valence-electron chi connectivity index (χ2n) is 4.45. The maximum Gasteiger partial charge on any atom is 0.123 e. The number of hydrogen-bond acceptors (Lipinski definition) is 3. The molecule has 94 valence electrons. The number of aliphatic hydroxyl groups excluding tert-OH is 1. The van der Waals surface area contributed by atoms with Crippen molar-refractivity contribution in [2.45, 2.75) is 31.7 Å². The van der Waals surface area contributed by atoms with Crippen LogP contribution in [-0.2, 0) is 11.3 Å². The molecule has 4 heteroatoms. The zero-order valence-corrected chi connectivity index (χ0v) is 9.73. The van der Waals surface area contributed by atoms with Gasteiger partial charge in [-0.05, 0) is 30.7 Å². The van der Waals surface area contributed by atoms with Crippen LogP contribution in [0.2, 0.25) is 0 Å². The fraction of sp³-hybridized carbons (Fsp3) is 0.538. The lowest BCUT2D eigenvalue weighted by atomic mass is 10.1. The minimum Gasteiger partial charge on any atom is -0.393 e. The van der Waals surface area contributed by atoms with Crippen LogP contribution in [0.25, 0.3) is 0 Å². The molecule has 1 aromatic carbocycles. The van der Waals surface area contributed by atoms with E-state index in [1.165, 1.54) is 12.1 Å². The molecule has 1 heterocycles. The smallest absolute Gasteiger partial charge is 0.123 e. The Bertz CT molecular complexity index is 359. The van der Waals surface area contributed by atoms with Gasteiger partial charge in [0.2, 0.25) is 0 Å². The molecule has 0 amide bonds. The van der Waals surface area contributed by atoms with Crippen molar-refractivity contribution >= 4 is 0 Å². The first kappa shape index (κ1) is 12.5. The van der Waals surface area contributed by atoms with Crippen LogP contribution in [0.15, 0.2) is 24.3 Å². The first-order valence-corrected chi connectivity index (χ1v) is 5.99. The van der Waals surface area contributed by atoms with Gasteiger partial charge in [0.25, 0.3) is 0 Å². The van der Waals surface area contributed by atoms with Gasteiger partial charge in [-0.25, -0.2) is 4.39 Å². The van der Waals surface area contributed by atoms with E-state index in [9.17, 15) is 9.50 Å².